The summed E-state index contributed by atoms with van der Waals surface area (Å²) in [6.07, 6.45) is 1.97. The topological polar surface area (TPSA) is 39.9 Å². The molecule has 1 aliphatic rings. The molecule has 1 aliphatic heterocycles. The van der Waals surface area contributed by atoms with E-state index in [1.807, 2.05) is 29.1 Å². The van der Waals surface area contributed by atoms with Gasteiger partial charge in [-0.25, -0.2) is 4.68 Å². The highest BCUT2D eigenvalue weighted by Crippen LogP contribution is 2.33. The maximum absolute atomic E-state index is 5.55. The average molecular weight is 247 g/mol. The van der Waals surface area contributed by atoms with E-state index < -0.39 is 0 Å². The first-order valence-corrected chi connectivity index (χ1v) is 6.64. The molecule has 0 radical (unpaired) electrons. The largest absolute Gasteiger partial charge is 0.360 e. The van der Waals surface area contributed by atoms with Gasteiger partial charge in [-0.05, 0) is 5.56 Å². The quantitative estimate of drug-likeness (QED) is 0.832. The molecule has 1 saturated heterocycles. The second kappa shape index (κ2) is 4.89. The van der Waals surface area contributed by atoms with Gasteiger partial charge in [-0.1, -0.05) is 35.5 Å². The van der Waals surface area contributed by atoms with Crippen molar-refractivity contribution in [3.63, 3.8) is 0 Å². The summed E-state index contributed by atoms with van der Waals surface area (Å²) >= 11 is 1.78. The maximum Gasteiger partial charge on any atom is 0.148 e. The van der Waals surface area contributed by atoms with Crippen molar-refractivity contribution >= 4 is 11.8 Å². The molecule has 1 aromatic heterocycles. The predicted molar refractivity (Wildman–Crippen MR) is 66.7 cm³/mol. The Balaban J connectivity index is 1.72. The van der Waals surface area contributed by atoms with Crippen molar-refractivity contribution in [1.29, 1.82) is 0 Å². The highest BCUT2D eigenvalue weighted by Gasteiger charge is 2.21. The second-order valence-corrected chi connectivity index (χ2v) is 5.07. The van der Waals surface area contributed by atoms with Crippen LogP contribution < -0.4 is 0 Å². The summed E-state index contributed by atoms with van der Waals surface area (Å²) in [5, 5.41) is 8.29. The van der Waals surface area contributed by atoms with Gasteiger partial charge in [0.1, 0.15) is 11.1 Å². The van der Waals surface area contributed by atoms with Crippen LogP contribution in [0.5, 0.6) is 0 Å². The van der Waals surface area contributed by atoms with Gasteiger partial charge in [0.25, 0.3) is 0 Å². The van der Waals surface area contributed by atoms with Gasteiger partial charge in [-0.15, -0.1) is 16.9 Å². The molecule has 17 heavy (non-hydrogen) atoms. The monoisotopic (exact) mass is 247 g/mol. The van der Waals surface area contributed by atoms with Gasteiger partial charge < -0.3 is 4.74 Å². The minimum Gasteiger partial charge on any atom is -0.360 e. The Labute approximate surface area is 104 Å². The molecule has 4 nitrogen and oxygen atoms in total. The predicted octanol–water partition coefficient (Wildman–Crippen LogP) is 2.09. The van der Waals surface area contributed by atoms with Gasteiger partial charge in [0, 0.05) is 5.75 Å². The molecule has 0 N–H and O–H groups in total. The Bertz CT molecular complexity index is 480. The highest BCUT2D eigenvalue weighted by molar-refractivity contribution is 7.99. The molecular weight excluding hydrogens is 234 g/mol. The summed E-state index contributed by atoms with van der Waals surface area (Å²) in [6.45, 7) is 1.56. The van der Waals surface area contributed by atoms with Crippen molar-refractivity contribution in [2.75, 3.05) is 12.4 Å². The van der Waals surface area contributed by atoms with Gasteiger partial charge in [-0.3, -0.25) is 0 Å². The molecule has 1 aromatic carbocycles. The molecule has 1 fully saturated rings. The number of aromatic nitrogens is 3. The van der Waals surface area contributed by atoms with Gasteiger partial charge in [-0.2, -0.15) is 0 Å². The Morgan fingerprint density at radius 1 is 1.35 bits per heavy atom. The minimum atomic E-state index is 0.0690. The summed E-state index contributed by atoms with van der Waals surface area (Å²) in [7, 11) is 0. The minimum absolute atomic E-state index is 0.0690. The Morgan fingerprint density at radius 2 is 2.24 bits per heavy atom. The van der Waals surface area contributed by atoms with Crippen LogP contribution in [0.3, 0.4) is 0 Å². The van der Waals surface area contributed by atoms with Crippen LogP contribution >= 0.6 is 11.8 Å². The number of rotatable bonds is 3. The van der Waals surface area contributed by atoms with Gasteiger partial charge in [0.15, 0.2) is 0 Å². The second-order valence-electron chi connectivity index (χ2n) is 3.90. The Kier molecular flexibility index (Phi) is 3.11. The van der Waals surface area contributed by atoms with Crippen molar-refractivity contribution in [3.05, 3.63) is 47.8 Å². The number of thioether (sulfide) groups is 1. The van der Waals surface area contributed by atoms with Crippen LogP contribution in [0.15, 0.2) is 36.5 Å². The zero-order valence-electron chi connectivity index (χ0n) is 9.32. The fourth-order valence-electron chi connectivity index (χ4n) is 1.80. The summed E-state index contributed by atoms with van der Waals surface area (Å²) in [5.74, 6) is 1.04. The van der Waals surface area contributed by atoms with Crippen molar-refractivity contribution < 1.29 is 4.74 Å². The smallest absolute Gasteiger partial charge is 0.148 e. The van der Waals surface area contributed by atoms with Crippen LogP contribution in [0.1, 0.15) is 16.7 Å². The fourth-order valence-corrected chi connectivity index (χ4v) is 2.68. The van der Waals surface area contributed by atoms with E-state index in [-0.39, 0.29) is 5.44 Å². The van der Waals surface area contributed by atoms with Gasteiger partial charge >= 0.3 is 0 Å². The molecule has 3 rings (SSSR count). The van der Waals surface area contributed by atoms with E-state index in [0.717, 1.165) is 24.6 Å². The summed E-state index contributed by atoms with van der Waals surface area (Å²) in [4.78, 5) is 0. The van der Waals surface area contributed by atoms with Crippen molar-refractivity contribution in [1.82, 2.24) is 15.0 Å². The molecule has 0 bridgehead atoms. The number of ether oxygens (including phenoxy) is 1. The Hall–Kier alpha value is -1.33. The van der Waals surface area contributed by atoms with Crippen LogP contribution in [-0.4, -0.2) is 27.4 Å². The first kappa shape index (κ1) is 10.8. The molecule has 2 aromatic rings. The third kappa shape index (κ3) is 2.50. The van der Waals surface area contributed by atoms with Crippen molar-refractivity contribution in [3.8, 4) is 0 Å². The van der Waals surface area contributed by atoms with Gasteiger partial charge in [0.2, 0.25) is 0 Å². The van der Waals surface area contributed by atoms with Crippen molar-refractivity contribution in [2.45, 2.75) is 12.0 Å². The average Bonchev–Trinajstić information content (AvgIpc) is 3.00. The third-order valence-corrected chi connectivity index (χ3v) is 3.69. The van der Waals surface area contributed by atoms with Crippen LogP contribution in [-0.2, 0) is 11.3 Å². The van der Waals surface area contributed by atoms with E-state index in [4.69, 9.17) is 4.74 Å². The summed E-state index contributed by atoms with van der Waals surface area (Å²) in [6, 6.07) is 10.2. The fraction of sp³-hybridized carbons (Fsp3) is 0.333. The number of hydrogen-bond donors (Lipinski definition) is 0. The molecule has 0 unspecified atom stereocenters. The van der Waals surface area contributed by atoms with E-state index in [1.54, 1.807) is 11.8 Å². The lowest BCUT2D eigenvalue weighted by molar-refractivity contribution is 0.142. The number of nitrogens with zero attached hydrogens (tertiary/aromatic N) is 3. The molecular formula is C12H13N3OS. The van der Waals surface area contributed by atoms with E-state index >= 15 is 0 Å². The molecule has 88 valence electrons. The molecule has 5 heteroatoms. The zero-order chi connectivity index (χ0) is 11.5. The van der Waals surface area contributed by atoms with Crippen LogP contribution in [0, 0.1) is 0 Å². The lowest BCUT2D eigenvalue weighted by Crippen LogP contribution is -1.99. The zero-order valence-corrected chi connectivity index (χ0v) is 10.1. The van der Waals surface area contributed by atoms with E-state index in [9.17, 15) is 0 Å². The van der Waals surface area contributed by atoms with E-state index in [2.05, 4.69) is 22.4 Å². The SMILES string of the molecule is c1ccc(Cn2cc([C@@H]3OCCS3)nn2)cc1. The first-order valence-electron chi connectivity index (χ1n) is 5.59. The normalized spacial score (nSPS) is 19.6. The lowest BCUT2D eigenvalue weighted by atomic mass is 10.2. The van der Waals surface area contributed by atoms with Crippen LogP contribution in [0.4, 0.5) is 0 Å². The van der Waals surface area contributed by atoms with Crippen molar-refractivity contribution in [2.24, 2.45) is 0 Å². The molecule has 1 atom stereocenters. The summed E-state index contributed by atoms with van der Waals surface area (Å²) < 4.78 is 7.40. The summed E-state index contributed by atoms with van der Waals surface area (Å²) in [5.41, 5.74) is 2.21. The molecule has 0 spiro atoms. The first-order chi connectivity index (χ1) is 8.42. The number of hydrogen-bond acceptors (Lipinski definition) is 4. The molecule has 0 saturated carbocycles. The van der Waals surface area contributed by atoms with E-state index in [1.165, 1.54) is 5.56 Å². The van der Waals surface area contributed by atoms with Crippen LogP contribution in [0.25, 0.3) is 0 Å². The van der Waals surface area contributed by atoms with Crippen LogP contribution in [0.2, 0.25) is 0 Å². The maximum atomic E-state index is 5.55. The standard InChI is InChI=1S/C12H13N3OS/c1-2-4-10(5-3-1)8-15-9-11(13-14-15)12-16-6-7-17-12/h1-5,9,12H,6-8H2/t12-/m1/s1. The Morgan fingerprint density at radius 3 is 3.00 bits per heavy atom. The van der Waals surface area contributed by atoms with Gasteiger partial charge in [0.05, 0.1) is 19.3 Å². The lowest BCUT2D eigenvalue weighted by Gasteiger charge is -2.02. The molecule has 0 aliphatic carbocycles. The van der Waals surface area contributed by atoms with E-state index in [0.29, 0.717) is 0 Å². The number of benzene rings is 1. The molecule has 2 heterocycles. The highest BCUT2D eigenvalue weighted by atomic mass is 32.2. The third-order valence-electron chi connectivity index (χ3n) is 2.61. The molecule has 0 amide bonds.